The van der Waals surface area contributed by atoms with Gasteiger partial charge in [0.1, 0.15) is 5.69 Å². The summed E-state index contributed by atoms with van der Waals surface area (Å²) in [6, 6.07) is 3.29. The molecule has 94 valence electrons. The fraction of sp³-hybridized carbons (Fsp3) is 0.500. The molecule has 0 aliphatic rings. The zero-order valence-electron chi connectivity index (χ0n) is 9.75. The maximum atomic E-state index is 11.8. The van der Waals surface area contributed by atoms with Crippen LogP contribution in [-0.4, -0.2) is 22.8 Å². The normalized spacial score (nSPS) is 12.2. The molecule has 3 nitrogen and oxygen atoms in total. The average molecular weight is 320 g/mol. The zero-order chi connectivity index (χ0) is 12.7. The fourth-order valence-electron chi connectivity index (χ4n) is 1.44. The van der Waals surface area contributed by atoms with Crippen LogP contribution >= 0.6 is 27.5 Å². The van der Waals surface area contributed by atoms with Crippen molar-refractivity contribution >= 4 is 33.4 Å². The summed E-state index contributed by atoms with van der Waals surface area (Å²) < 4.78 is 0. The van der Waals surface area contributed by atoms with Crippen molar-refractivity contribution in [1.82, 2.24) is 10.3 Å². The molecule has 1 heterocycles. The number of hydrogen-bond donors (Lipinski definition) is 1. The van der Waals surface area contributed by atoms with Crippen molar-refractivity contribution in [3.05, 3.63) is 29.0 Å². The van der Waals surface area contributed by atoms with E-state index in [0.29, 0.717) is 23.2 Å². The number of halogens is 2. The Balaban J connectivity index is 2.46. The van der Waals surface area contributed by atoms with Crippen LogP contribution in [0.25, 0.3) is 0 Å². The molecule has 0 aliphatic carbocycles. The summed E-state index contributed by atoms with van der Waals surface area (Å²) in [7, 11) is 0. The molecule has 0 radical (unpaired) electrons. The van der Waals surface area contributed by atoms with Crippen LogP contribution in [0, 0.1) is 5.92 Å². The maximum absolute atomic E-state index is 11.8. The quantitative estimate of drug-likeness (QED) is 0.818. The lowest BCUT2D eigenvalue weighted by Gasteiger charge is -2.13. The van der Waals surface area contributed by atoms with Gasteiger partial charge in [0.25, 0.3) is 5.91 Å². The van der Waals surface area contributed by atoms with Crippen molar-refractivity contribution < 1.29 is 4.79 Å². The van der Waals surface area contributed by atoms with Gasteiger partial charge in [-0.3, -0.25) is 4.79 Å². The fourth-order valence-corrected chi connectivity index (χ4v) is 2.20. The van der Waals surface area contributed by atoms with Crippen LogP contribution in [0.2, 0.25) is 5.02 Å². The molecule has 0 fully saturated rings. The van der Waals surface area contributed by atoms with Crippen molar-refractivity contribution in [1.29, 1.82) is 0 Å². The molecule has 0 aliphatic heterocycles. The van der Waals surface area contributed by atoms with Gasteiger partial charge in [-0.05, 0) is 24.5 Å². The van der Waals surface area contributed by atoms with E-state index in [0.717, 1.165) is 18.2 Å². The van der Waals surface area contributed by atoms with Gasteiger partial charge in [0.2, 0.25) is 0 Å². The number of alkyl halides is 1. The first-order chi connectivity index (χ1) is 8.17. The number of aromatic nitrogens is 1. The van der Waals surface area contributed by atoms with Gasteiger partial charge in [-0.15, -0.1) is 0 Å². The Hall–Kier alpha value is -0.610. The molecule has 0 saturated carbocycles. The molecule has 0 saturated heterocycles. The second-order valence-corrected chi connectivity index (χ2v) is 5.05. The summed E-state index contributed by atoms with van der Waals surface area (Å²) >= 11 is 9.12. The van der Waals surface area contributed by atoms with Crippen LogP contribution in [0.1, 0.15) is 30.3 Å². The van der Waals surface area contributed by atoms with E-state index < -0.39 is 0 Å². The minimum Gasteiger partial charge on any atom is -0.350 e. The molecule has 0 aromatic carbocycles. The first-order valence-electron chi connectivity index (χ1n) is 5.63. The molecule has 1 unspecified atom stereocenters. The van der Waals surface area contributed by atoms with Crippen LogP contribution in [-0.2, 0) is 0 Å². The second-order valence-electron chi connectivity index (χ2n) is 3.82. The predicted molar refractivity (Wildman–Crippen MR) is 73.8 cm³/mol. The van der Waals surface area contributed by atoms with Gasteiger partial charge in [0.15, 0.2) is 0 Å². The minimum atomic E-state index is -0.144. The zero-order valence-corrected chi connectivity index (χ0v) is 12.1. The molecule has 1 aromatic rings. The van der Waals surface area contributed by atoms with E-state index in [1.165, 1.54) is 6.20 Å². The van der Waals surface area contributed by atoms with Crippen molar-refractivity contribution in [3.8, 4) is 0 Å². The number of carbonyl (C=O) groups excluding carboxylic acids is 1. The predicted octanol–water partition coefficient (Wildman–Crippen LogP) is 3.28. The van der Waals surface area contributed by atoms with Crippen LogP contribution in [0.4, 0.5) is 0 Å². The molecule has 1 amide bonds. The number of amides is 1. The topological polar surface area (TPSA) is 42.0 Å². The number of hydrogen-bond acceptors (Lipinski definition) is 2. The lowest BCUT2D eigenvalue weighted by Crippen LogP contribution is -2.29. The molecule has 0 spiro atoms. The molecule has 1 aromatic heterocycles. The summed E-state index contributed by atoms with van der Waals surface area (Å²) in [6.07, 6.45) is 3.59. The van der Waals surface area contributed by atoms with Gasteiger partial charge in [0.05, 0.1) is 5.02 Å². The highest BCUT2D eigenvalue weighted by Gasteiger charge is 2.10. The SMILES string of the molecule is CCC(CCBr)CNC(=O)c1ccc(Cl)cn1. The number of rotatable bonds is 6. The van der Waals surface area contributed by atoms with E-state index in [1.54, 1.807) is 12.1 Å². The smallest absolute Gasteiger partial charge is 0.269 e. The Morgan fingerprint density at radius 1 is 1.59 bits per heavy atom. The maximum Gasteiger partial charge on any atom is 0.269 e. The minimum absolute atomic E-state index is 0.144. The number of carbonyl (C=O) groups is 1. The van der Waals surface area contributed by atoms with Gasteiger partial charge in [-0.1, -0.05) is 40.9 Å². The first-order valence-corrected chi connectivity index (χ1v) is 7.13. The highest BCUT2D eigenvalue weighted by atomic mass is 79.9. The van der Waals surface area contributed by atoms with E-state index >= 15 is 0 Å². The molecule has 0 bridgehead atoms. The highest BCUT2D eigenvalue weighted by molar-refractivity contribution is 9.09. The molecule has 5 heteroatoms. The van der Waals surface area contributed by atoms with Crippen molar-refractivity contribution in [2.45, 2.75) is 19.8 Å². The number of pyridine rings is 1. The number of nitrogens with one attached hydrogen (secondary N) is 1. The Morgan fingerprint density at radius 2 is 2.35 bits per heavy atom. The molecule has 1 rings (SSSR count). The third kappa shape index (κ3) is 5.04. The van der Waals surface area contributed by atoms with Gasteiger partial charge < -0.3 is 5.32 Å². The Labute approximate surface area is 115 Å². The van der Waals surface area contributed by atoms with Gasteiger partial charge >= 0.3 is 0 Å². The standard InChI is InChI=1S/C12H16BrClN2O/c1-2-9(5-6-13)7-16-12(17)11-4-3-10(14)8-15-11/h3-4,8-9H,2,5-7H2,1H3,(H,16,17). The van der Waals surface area contributed by atoms with Crippen LogP contribution in [0.5, 0.6) is 0 Å². The van der Waals surface area contributed by atoms with Gasteiger partial charge in [-0.25, -0.2) is 4.98 Å². The Kier molecular flexibility index (Phi) is 6.52. The third-order valence-electron chi connectivity index (χ3n) is 2.61. The summed E-state index contributed by atoms with van der Waals surface area (Å²) in [4.78, 5) is 15.7. The molecule has 17 heavy (non-hydrogen) atoms. The molecular formula is C12H16BrClN2O. The largest absolute Gasteiger partial charge is 0.350 e. The van der Waals surface area contributed by atoms with E-state index in [4.69, 9.17) is 11.6 Å². The van der Waals surface area contributed by atoms with E-state index in [-0.39, 0.29) is 5.91 Å². The summed E-state index contributed by atoms with van der Waals surface area (Å²) in [5.41, 5.74) is 0.406. The first kappa shape index (κ1) is 14.5. The van der Waals surface area contributed by atoms with E-state index in [1.807, 2.05) is 0 Å². The van der Waals surface area contributed by atoms with E-state index in [9.17, 15) is 4.79 Å². The summed E-state index contributed by atoms with van der Waals surface area (Å²) in [5, 5.41) is 4.38. The summed E-state index contributed by atoms with van der Waals surface area (Å²) in [5.74, 6) is 0.361. The van der Waals surface area contributed by atoms with Crippen LogP contribution < -0.4 is 5.32 Å². The third-order valence-corrected chi connectivity index (χ3v) is 3.29. The Bertz CT molecular complexity index is 356. The van der Waals surface area contributed by atoms with Gasteiger partial charge in [-0.2, -0.15) is 0 Å². The average Bonchev–Trinajstić information content (AvgIpc) is 2.35. The van der Waals surface area contributed by atoms with Gasteiger partial charge in [0, 0.05) is 18.1 Å². The number of nitrogens with zero attached hydrogens (tertiary/aromatic N) is 1. The molecular weight excluding hydrogens is 304 g/mol. The monoisotopic (exact) mass is 318 g/mol. The van der Waals surface area contributed by atoms with Crippen molar-refractivity contribution in [2.24, 2.45) is 5.92 Å². The van der Waals surface area contributed by atoms with Crippen LogP contribution in [0.15, 0.2) is 18.3 Å². The second kappa shape index (κ2) is 7.67. The van der Waals surface area contributed by atoms with E-state index in [2.05, 4.69) is 33.2 Å². The lowest BCUT2D eigenvalue weighted by atomic mass is 10.0. The van der Waals surface area contributed by atoms with Crippen molar-refractivity contribution in [3.63, 3.8) is 0 Å². The highest BCUT2D eigenvalue weighted by Crippen LogP contribution is 2.09. The van der Waals surface area contributed by atoms with Crippen LogP contribution in [0.3, 0.4) is 0 Å². The summed E-state index contributed by atoms with van der Waals surface area (Å²) in [6.45, 7) is 2.81. The van der Waals surface area contributed by atoms with Crippen molar-refractivity contribution in [2.75, 3.05) is 11.9 Å². The Morgan fingerprint density at radius 3 is 2.88 bits per heavy atom. The lowest BCUT2D eigenvalue weighted by molar-refractivity contribution is 0.0941. The molecule has 1 atom stereocenters. The molecule has 1 N–H and O–H groups in total.